The minimum Gasteiger partial charge on any atom is -0.354 e. The summed E-state index contributed by atoms with van der Waals surface area (Å²) in [7, 11) is 0. The Morgan fingerprint density at radius 2 is 1.36 bits per heavy atom. The fourth-order valence-electron chi connectivity index (χ4n) is 2.48. The quantitative estimate of drug-likeness (QED) is 0.380. The lowest BCUT2D eigenvalue weighted by molar-refractivity contribution is -0.137. The van der Waals surface area contributed by atoms with E-state index in [9.17, 15) is 19.2 Å². The van der Waals surface area contributed by atoms with E-state index in [2.05, 4.69) is 22.5 Å². The van der Waals surface area contributed by atoms with E-state index in [0.29, 0.717) is 25.9 Å². The Morgan fingerprint density at radius 3 is 1.84 bits per heavy atom. The van der Waals surface area contributed by atoms with Gasteiger partial charge in [-0.25, -0.2) is 0 Å². The first-order valence-electron chi connectivity index (χ1n) is 8.45. The lowest BCUT2D eigenvalue weighted by Crippen LogP contribution is -2.46. The van der Waals surface area contributed by atoms with E-state index in [1.807, 2.05) is 0 Å². The van der Waals surface area contributed by atoms with Crippen molar-refractivity contribution < 1.29 is 19.2 Å². The van der Waals surface area contributed by atoms with Crippen LogP contribution in [0.2, 0.25) is 0 Å². The van der Waals surface area contributed by atoms with Crippen LogP contribution in [0.1, 0.15) is 47.5 Å². The summed E-state index contributed by atoms with van der Waals surface area (Å²) in [5, 5.41) is 7.95. The second-order valence-electron chi connectivity index (χ2n) is 7.27. The third-order valence-electron chi connectivity index (χ3n) is 3.85. The molecule has 0 radical (unpaired) electrons. The predicted octanol–water partition coefficient (Wildman–Crippen LogP) is 0.943. The Bertz CT molecular complexity index is 524. The number of nitrogens with one attached hydrogen (secondary N) is 3. The van der Waals surface area contributed by atoms with Gasteiger partial charge in [0, 0.05) is 30.3 Å². The van der Waals surface area contributed by atoms with Gasteiger partial charge in [-0.1, -0.05) is 41.2 Å². The van der Waals surface area contributed by atoms with Crippen molar-refractivity contribution in [2.45, 2.75) is 47.5 Å². The van der Waals surface area contributed by atoms with Gasteiger partial charge in [0.2, 0.25) is 17.7 Å². The van der Waals surface area contributed by atoms with Crippen LogP contribution in [0.25, 0.3) is 0 Å². The zero-order chi connectivity index (χ0) is 19.7. The van der Waals surface area contributed by atoms with E-state index >= 15 is 0 Å². The van der Waals surface area contributed by atoms with Crippen molar-refractivity contribution in [3.63, 3.8) is 0 Å². The molecule has 0 bridgehead atoms. The second kappa shape index (κ2) is 9.96. The number of amides is 3. The van der Waals surface area contributed by atoms with Gasteiger partial charge in [0.15, 0.2) is 5.78 Å². The standard InChI is InChI=1S/C18H31N3O4/c1-7-13(22)11-21-16(25)18(5,6)12-17(3,4)15(24)20-10-9-19-14(23)8-2/h8H,2,7,9-12H2,1,3-6H3,(H,19,23)(H,20,24)(H,21,25). The Balaban J connectivity index is 4.56. The molecule has 0 atom stereocenters. The van der Waals surface area contributed by atoms with Gasteiger partial charge in [-0.2, -0.15) is 0 Å². The molecule has 0 spiro atoms. The largest absolute Gasteiger partial charge is 0.354 e. The monoisotopic (exact) mass is 353 g/mol. The Kier molecular flexibility index (Phi) is 9.09. The lowest BCUT2D eigenvalue weighted by atomic mass is 9.74. The zero-order valence-electron chi connectivity index (χ0n) is 16.0. The first-order valence-corrected chi connectivity index (χ1v) is 8.45. The van der Waals surface area contributed by atoms with E-state index < -0.39 is 10.8 Å². The van der Waals surface area contributed by atoms with E-state index in [-0.39, 0.29) is 30.0 Å². The lowest BCUT2D eigenvalue weighted by Gasteiger charge is -2.33. The number of hydrogen-bond donors (Lipinski definition) is 3. The normalized spacial score (nSPS) is 11.4. The van der Waals surface area contributed by atoms with Crippen molar-refractivity contribution in [3.05, 3.63) is 12.7 Å². The summed E-state index contributed by atoms with van der Waals surface area (Å²) in [5.74, 6) is -0.796. The molecule has 0 aromatic carbocycles. The summed E-state index contributed by atoms with van der Waals surface area (Å²) in [6.45, 7) is 12.7. The minimum absolute atomic E-state index is 0.00832. The van der Waals surface area contributed by atoms with Crippen LogP contribution in [0.5, 0.6) is 0 Å². The molecular weight excluding hydrogens is 322 g/mol. The molecule has 3 amide bonds. The third-order valence-corrected chi connectivity index (χ3v) is 3.85. The summed E-state index contributed by atoms with van der Waals surface area (Å²) in [6.07, 6.45) is 1.85. The number of Topliss-reactive ketones (excluding diaryl/α,β-unsaturated/α-hetero) is 1. The van der Waals surface area contributed by atoms with Crippen molar-refractivity contribution in [2.24, 2.45) is 10.8 Å². The van der Waals surface area contributed by atoms with E-state index in [1.165, 1.54) is 0 Å². The fourth-order valence-corrected chi connectivity index (χ4v) is 2.48. The van der Waals surface area contributed by atoms with E-state index in [1.54, 1.807) is 34.6 Å². The average Bonchev–Trinajstić information content (AvgIpc) is 2.54. The van der Waals surface area contributed by atoms with Gasteiger partial charge >= 0.3 is 0 Å². The second-order valence-corrected chi connectivity index (χ2v) is 7.27. The van der Waals surface area contributed by atoms with Crippen LogP contribution in [0.3, 0.4) is 0 Å². The molecule has 3 N–H and O–H groups in total. The Morgan fingerprint density at radius 1 is 0.880 bits per heavy atom. The number of ketones is 1. The molecule has 0 aromatic heterocycles. The van der Waals surface area contributed by atoms with Crippen LogP contribution in [-0.4, -0.2) is 43.1 Å². The molecule has 0 saturated carbocycles. The molecule has 142 valence electrons. The number of hydrogen-bond acceptors (Lipinski definition) is 4. The van der Waals surface area contributed by atoms with Gasteiger partial charge < -0.3 is 16.0 Å². The molecule has 0 aliphatic rings. The number of carbonyl (C=O) groups is 4. The molecular formula is C18H31N3O4. The van der Waals surface area contributed by atoms with E-state index in [4.69, 9.17) is 0 Å². The fraction of sp³-hybridized carbons (Fsp3) is 0.667. The first-order chi connectivity index (χ1) is 11.5. The third kappa shape index (κ3) is 8.47. The van der Waals surface area contributed by atoms with Crippen molar-refractivity contribution in [1.82, 2.24) is 16.0 Å². The number of rotatable bonds is 11. The topological polar surface area (TPSA) is 104 Å². The maximum Gasteiger partial charge on any atom is 0.243 e. The molecule has 7 heteroatoms. The maximum atomic E-state index is 12.4. The van der Waals surface area contributed by atoms with Gasteiger partial charge in [0.25, 0.3) is 0 Å². The van der Waals surface area contributed by atoms with Gasteiger partial charge in [0.1, 0.15) is 0 Å². The van der Waals surface area contributed by atoms with Crippen molar-refractivity contribution >= 4 is 23.5 Å². The molecule has 0 aliphatic carbocycles. The molecule has 0 unspecified atom stereocenters. The molecule has 7 nitrogen and oxygen atoms in total. The zero-order valence-corrected chi connectivity index (χ0v) is 16.0. The van der Waals surface area contributed by atoms with Gasteiger partial charge in [0.05, 0.1) is 6.54 Å². The summed E-state index contributed by atoms with van der Waals surface area (Å²) >= 11 is 0. The van der Waals surface area contributed by atoms with Crippen LogP contribution < -0.4 is 16.0 Å². The molecule has 0 saturated heterocycles. The first kappa shape index (κ1) is 22.8. The highest BCUT2D eigenvalue weighted by molar-refractivity contribution is 5.89. The van der Waals surface area contributed by atoms with Gasteiger partial charge in [-0.05, 0) is 12.5 Å². The molecule has 0 aliphatic heterocycles. The van der Waals surface area contributed by atoms with Crippen molar-refractivity contribution in [2.75, 3.05) is 19.6 Å². The Labute approximate surface area is 150 Å². The minimum atomic E-state index is -0.800. The summed E-state index contributed by atoms with van der Waals surface area (Å²) in [4.78, 5) is 47.0. The Hall–Kier alpha value is -2.18. The molecule has 25 heavy (non-hydrogen) atoms. The molecule has 0 fully saturated rings. The molecule has 0 aromatic rings. The van der Waals surface area contributed by atoms with Crippen LogP contribution >= 0.6 is 0 Å². The maximum absolute atomic E-state index is 12.4. The summed E-state index contributed by atoms with van der Waals surface area (Å²) in [5.41, 5.74) is -1.58. The highest BCUT2D eigenvalue weighted by Crippen LogP contribution is 2.34. The molecule has 0 rings (SSSR count). The van der Waals surface area contributed by atoms with Crippen LogP contribution in [0.4, 0.5) is 0 Å². The van der Waals surface area contributed by atoms with Crippen molar-refractivity contribution in [3.8, 4) is 0 Å². The van der Waals surface area contributed by atoms with Gasteiger partial charge in [-0.15, -0.1) is 0 Å². The highest BCUT2D eigenvalue weighted by Gasteiger charge is 2.38. The van der Waals surface area contributed by atoms with Crippen LogP contribution in [0, 0.1) is 10.8 Å². The van der Waals surface area contributed by atoms with Crippen LogP contribution in [-0.2, 0) is 19.2 Å². The van der Waals surface area contributed by atoms with Crippen molar-refractivity contribution in [1.29, 1.82) is 0 Å². The van der Waals surface area contributed by atoms with E-state index in [0.717, 1.165) is 6.08 Å². The summed E-state index contributed by atoms with van der Waals surface area (Å²) < 4.78 is 0. The number of carbonyl (C=O) groups excluding carboxylic acids is 4. The SMILES string of the molecule is C=CC(=O)NCCNC(=O)C(C)(C)CC(C)(C)C(=O)NCC(=O)CC. The highest BCUT2D eigenvalue weighted by atomic mass is 16.2. The average molecular weight is 353 g/mol. The molecule has 0 heterocycles. The van der Waals surface area contributed by atoms with Crippen LogP contribution in [0.15, 0.2) is 12.7 Å². The smallest absolute Gasteiger partial charge is 0.243 e. The van der Waals surface area contributed by atoms with Gasteiger partial charge in [-0.3, -0.25) is 19.2 Å². The predicted molar refractivity (Wildman–Crippen MR) is 96.7 cm³/mol. The summed E-state index contributed by atoms with van der Waals surface area (Å²) in [6, 6.07) is 0.